The maximum absolute atomic E-state index is 5.97. The Balaban J connectivity index is 2.12. The molecule has 2 rings (SSSR count). The van der Waals surface area contributed by atoms with Crippen molar-refractivity contribution in [2.24, 2.45) is 11.7 Å². The van der Waals surface area contributed by atoms with Crippen LogP contribution in [0.25, 0.3) is 0 Å². The van der Waals surface area contributed by atoms with Crippen LogP contribution in [0.4, 0.5) is 0 Å². The normalized spacial score (nSPS) is 34.8. The number of hydrogen-bond acceptors (Lipinski definition) is 3. The van der Waals surface area contributed by atoms with E-state index in [2.05, 4.69) is 22.7 Å². The van der Waals surface area contributed by atoms with Crippen LogP contribution in [0.15, 0.2) is 11.4 Å². The minimum atomic E-state index is 0.392. The Kier molecular flexibility index (Phi) is 2.65. The van der Waals surface area contributed by atoms with E-state index in [9.17, 15) is 0 Å². The third kappa shape index (κ3) is 1.92. The van der Waals surface area contributed by atoms with Crippen molar-refractivity contribution in [3.05, 3.63) is 17.1 Å². The van der Waals surface area contributed by atoms with Gasteiger partial charge >= 0.3 is 0 Å². The highest BCUT2D eigenvalue weighted by Gasteiger charge is 2.28. The molecule has 0 bridgehead atoms. The molecule has 3 unspecified atom stereocenters. The Labute approximate surface area is 83.3 Å². The summed E-state index contributed by atoms with van der Waals surface area (Å²) in [5.41, 5.74) is 7.23. The molecular formula is C10H16N2S. The highest BCUT2D eigenvalue weighted by Crippen LogP contribution is 2.36. The zero-order chi connectivity index (χ0) is 9.26. The van der Waals surface area contributed by atoms with Crippen LogP contribution >= 0.6 is 11.5 Å². The van der Waals surface area contributed by atoms with Crippen LogP contribution in [0.3, 0.4) is 0 Å². The molecule has 1 fully saturated rings. The van der Waals surface area contributed by atoms with Crippen molar-refractivity contribution in [2.45, 2.75) is 38.1 Å². The minimum Gasteiger partial charge on any atom is -0.328 e. The molecule has 13 heavy (non-hydrogen) atoms. The topological polar surface area (TPSA) is 38.9 Å². The van der Waals surface area contributed by atoms with Crippen molar-refractivity contribution in [3.8, 4) is 0 Å². The molecule has 0 radical (unpaired) electrons. The van der Waals surface area contributed by atoms with E-state index in [0.717, 1.165) is 12.3 Å². The van der Waals surface area contributed by atoms with Gasteiger partial charge in [-0.05, 0) is 42.8 Å². The standard InChI is InChI=1S/C10H16N2S/c1-7-2-3-8(11)6-9(7)10-4-5-13-12-10/h4-5,7-9H,2-3,6,11H2,1H3. The van der Waals surface area contributed by atoms with Gasteiger partial charge in [-0.25, -0.2) is 0 Å². The van der Waals surface area contributed by atoms with Crippen molar-refractivity contribution < 1.29 is 0 Å². The van der Waals surface area contributed by atoms with Crippen molar-refractivity contribution in [1.82, 2.24) is 4.37 Å². The second-order valence-electron chi connectivity index (χ2n) is 4.08. The Hall–Kier alpha value is -0.410. The number of rotatable bonds is 1. The molecule has 0 saturated heterocycles. The van der Waals surface area contributed by atoms with Crippen LogP contribution in [0.2, 0.25) is 0 Å². The van der Waals surface area contributed by atoms with E-state index < -0.39 is 0 Å². The zero-order valence-corrected chi connectivity index (χ0v) is 8.76. The number of nitrogens with two attached hydrogens (primary N) is 1. The first-order chi connectivity index (χ1) is 6.27. The summed E-state index contributed by atoms with van der Waals surface area (Å²) in [6, 6.07) is 2.53. The predicted octanol–water partition coefficient (Wildman–Crippen LogP) is 2.37. The summed E-state index contributed by atoms with van der Waals surface area (Å²) in [5, 5.41) is 2.06. The van der Waals surface area contributed by atoms with Crippen LogP contribution in [-0.4, -0.2) is 10.4 Å². The van der Waals surface area contributed by atoms with E-state index in [1.165, 1.54) is 18.5 Å². The van der Waals surface area contributed by atoms with Crippen LogP contribution in [0, 0.1) is 5.92 Å². The van der Waals surface area contributed by atoms with Crippen LogP contribution in [0.5, 0.6) is 0 Å². The molecule has 0 aromatic carbocycles. The third-order valence-electron chi connectivity index (χ3n) is 3.07. The molecule has 3 atom stereocenters. The summed E-state index contributed by atoms with van der Waals surface area (Å²) >= 11 is 1.55. The lowest BCUT2D eigenvalue weighted by Gasteiger charge is -2.31. The van der Waals surface area contributed by atoms with Crippen molar-refractivity contribution in [2.75, 3.05) is 0 Å². The van der Waals surface area contributed by atoms with E-state index in [1.807, 2.05) is 0 Å². The SMILES string of the molecule is CC1CCC(N)CC1c1ccsn1. The van der Waals surface area contributed by atoms with Gasteiger partial charge in [-0.15, -0.1) is 0 Å². The maximum atomic E-state index is 5.97. The molecule has 1 aliphatic rings. The first kappa shape index (κ1) is 9.16. The summed E-state index contributed by atoms with van der Waals surface area (Å²) < 4.78 is 4.41. The molecule has 0 spiro atoms. The Morgan fingerprint density at radius 3 is 3.08 bits per heavy atom. The summed E-state index contributed by atoms with van der Waals surface area (Å²) in [4.78, 5) is 0. The molecule has 3 heteroatoms. The fourth-order valence-electron chi connectivity index (χ4n) is 2.18. The summed E-state index contributed by atoms with van der Waals surface area (Å²) in [7, 11) is 0. The molecule has 1 aromatic heterocycles. The smallest absolute Gasteiger partial charge is 0.0576 e. The molecule has 1 saturated carbocycles. The van der Waals surface area contributed by atoms with Gasteiger partial charge in [0.2, 0.25) is 0 Å². The average Bonchev–Trinajstić information content (AvgIpc) is 2.61. The van der Waals surface area contributed by atoms with Crippen LogP contribution in [0.1, 0.15) is 37.8 Å². The Morgan fingerprint density at radius 1 is 1.54 bits per heavy atom. The lowest BCUT2D eigenvalue weighted by Crippen LogP contribution is -2.31. The highest BCUT2D eigenvalue weighted by molar-refractivity contribution is 7.03. The molecule has 2 nitrogen and oxygen atoms in total. The molecular weight excluding hydrogens is 180 g/mol. The van der Waals surface area contributed by atoms with E-state index in [4.69, 9.17) is 5.73 Å². The third-order valence-corrected chi connectivity index (χ3v) is 3.65. The lowest BCUT2D eigenvalue weighted by atomic mass is 9.76. The number of hydrogen-bond donors (Lipinski definition) is 1. The van der Waals surface area contributed by atoms with Gasteiger partial charge in [-0.1, -0.05) is 6.92 Å². The Bertz CT molecular complexity index is 258. The van der Waals surface area contributed by atoms with Gasteiger partial charge in [0, 0.05) is 17.3 Å². The summed E-state index contributed by atoms with van der Waals surface area (Å²) in [6.45, 7) is 2.32. The molecule has 1 aromatic rings. The van der Waals surface area contributed by atoms with Crippen LogP contribution < -0.4 is 5.73 Å². The maximum Gasteiger partial charge on any atom is 0.0576 e. The summed E-state index contributed by atoms with van der Waals surface area (Å²) in [6.07, 6.45) is 3.55. The predicted molar refractivity (Wildman–Crippen MR) is 55.8 cm³/mol. The second-order valence-corrected chi connectivity index (χ2v) is 4.75. The molecule has 0 amide bonds. The highest BCUT2D eigenvalue weighted by atomic mass is 32.1. The van der Waals surface area contributed by atoms with Crippen molar-refractivity contribution in [3.63, 3.8) is 0 Å². The Morgan fingerprint density at radius 2 is 2.38 bits per heavy atom. The van der Waals surface area contributed by atoms with E-state index in [1.54, 1.807) is 11.5 Å². The molecule has 72 valence electrons. The zero-order valence-electron chi connectivity index (χ0n) is 7.94. The van der Waals surface area contributed by atoms with Gasteiger partial charge < -0.3 is 5.73 Å². The number of aromatic nitrogens is 1. The molecule has 0 aliphatic heterocycles. The fourth-order valence-corrected chi connectivity index (χ4v) is 2.76. The van der Waals surface area contributed by atoms with E-state index in [-0.39, 0.29) is 0 Å². The lowest BCUT2D eigenvalue weighted by molar-refractivity contribution is 0.296. The number of nitrogens with zero attached hydrogens (tertiary/aromatic N) is 1. The van der Waals surface area contributed by atoms with E-state index in [0.29, 0.717) is 12.0 Å². The first-order valence-electron chi connectivity index (χ1n) is 4.93. The quantitative estimate of drug-likeness (QED) is 0.749. The largest absolute Gasteiger partial charge is 0.328 e. The minimum absolute atomic E-state index is 0.392. The van der Waals surface area contributed by atoms with Gasteiger partial charge in [-0.3, -0.25) is 0 Å². The van der Waals surface area contributed by atoms with Crippen molar-refractivity contribution >= 4 is 11.5 Å². The van der Waals surface area contributed by atoms with Gasteiger partial charge in [0.05, 0.1) is 5.69 Å². The second kappa shape index (κ2) is 3.76. The van der Waals surface area contributed by atoms with E-state index >= 15 is 0 Å². The average molecular weight is 196 g/mol. The van der Waals surface area contributed by atoms with Crippen LogP contribution in [-0.2, 0) is 0 Å². The van der Waals surface area contributed by atoms with Gasteiger partial charge in [0.25, 0.3) is 0 Å². The van der Waals surface area contributed by atoms with Gasteiger partial charge in [0.15, 0.2) is 0 Å². The monoisotopic (exact) mass is 196 g/mol. The van der Waals surface area contributed by atoms with Gasteiger partial charge in [0.1, 0.15) is 0 Å². The molecule has 1 aliphatic carbocycles. The molecule has 2 N–H and O–H groups in total. The first-order valence-corrected chi connectivity index (χ1v) is 5.77. The fraction of sp³-hybridized carbons (Fsp3) is 0.700. The van der Waals surface area contributed by atoms with Gasteiger partial charge in [-0.2, -0.15) is 4.37 Å². The molecule has 1 heterocycles. The van der Waals surface area contributed by atoms with Crippen molar-refractivity contribution in [1.29, 1.82) is 0 Å². The summed E-state index contributed by atoms with van der Waals surface area (Å²) in [5.74, 6) is 1.36.